The first-order valence-electron chi connectivity index (χ1n) is 6.08. The summed E-state index contributed by atoms with van der Waals surface area (Å²) in [4.78, 5) is 16.0. The first-order chi connectivity index (χ1) is 9.56. The summed E-state index contributed by atoms with van der Waals surface area (Å²) in [5, 5.41) is 9.08. The molecule has 0 fully saturated rings. The van der Waals surface area contributed by atoms with Crippen LogP contribution >= 0.6 is 11.3 Å². The van der Waals surface area contributed by atoms with E-state index in [4.69, 9.17) is 4.52 Å². The Bertz CT molecular complexity index is 621. The molecule has 0 saturated carbocycles. The second kappa shape index (κ2) is 6.76. The molecule has 2 heterocycles. The molecule has 1 atom stereocenters. The van der Waals surface area contributed by atoms with Gasteiger partial charge in [0.2, 0.25) is 5.91 Å². The van der Waals surface area contributed by atoms with Crippen molar-refractivity contribution in [2.24, 2.45) is 0 Å². The van der Waals surface area contributed by atoms with E-state index in [1.165, 1.54) is 0 Å². The Hall–Kier alpha value is -1.54. The molecule has 6 nitrogen and oxygen atoms in total. The number of nitrogens with one attached hydrogen (secondary N) is 1. The van der Waals surface area contributed by atoms with E-state index in [-0.39, 0.29) is 11.7 Å². The van der Waals surface area contributed by atoms with Crippen LogP contribution in [-0.4, -0.2) is 26.0 Å². The maximum atomic E-state index is 11.9. The summed E-state index contributed by atoms with van der Waals surface area (Å²) in [5.41, 5.74) is 0.773. The van der Waals surface area contributed by atoms with Gasteiger partial charge < -0.3 is 9.84 Å². The van der Waals surface area contributed by atoms with Crippen LogP contribution in [0.4, 0.5) is 5.82 Å². The van der Waals surface area contributed by atoms with Crippen molar-refractivity contribution >= 4 is 33.9 Å². The number of thiazole rings is 1. The minimum atomic E-state index is -1.28. The standard InChI is InChI=1S/C12H15N3O3S2/c1-3-12-13-9(5-19-12)6-20(17)7-11(16)14-10-4-8(2)18-15-10/h4-5H,3,6-7H2,1-2H3,(H,14,15,16). The van der Waals surface area contributed by atoms with Crippen LogP contribution in [-0.2, 0) is 27.8 Å². The quantitative estimate of drug-likeness (QED) is 0.880. The molecule has 0 bridgehead atoms. The fourth-order valence-corrected chi connectivity index (χ4v) is 3.34. The second-order valence-electron chi connectivity index (χ2n) is 4.19. The van der Waals surface area contributed by atoms with E-state index in [0.717, 1.165) is 17.1 Å². The average Bonchev–Trinajstić information content (AvgIpc) is 2.98. The van der Waals surface area contributed by atoms with Crippen LogP contribution < -0.4 is 5.32 Å². The summed E-state index contributed by atoms with van der Waals surface area (Å²) in [7, 11) is -1.28. The molecule has 2 rings (SSSR count). The van der Waals surface area contributed by atoms with Gasteiger partial charge in [-0.2, -0.15) is 0 Å². The maximum Gasteiger partial charge on any atom is 0.238 e. The van der Waals surface area contributed by atoms with Gasteiger partial charge in [0.15, 0.2) is 5.82 Å². The molecule has 0 aliphatic rings. The first-order valence-corrected chi connectivity index (χ1v) is 8.45. The number of nitrogens with zero attached hydrogens (tertiary/aromatic N) is 2. The molecule has 1 unspecified atom stereocenters. The van der Waals surface area contributed by atoms with Gasteiger partial charge in [0.1, 0.15) is 11.5 Å². The number of anilines is 1. The van der Waals surface area contributed by atoms with E-state index < -0.39 is 10.8 Å². The lowest BCUT2D eigenvalue weighted by atomic mass is 10.5. The van der Waals surface area contributed by atoms with E-state index in [1.807, 2.05) is 12.3 Å². The molecule has 0 radical (unpaired) electrons. The zero-order valence-electron chi connectivity index (χ0n) is 11.2. The summed E-state index contributed by atoms with van der Waals surface area (Å²) in [6.07, 6.45) is 0.864. The van der Waals surface area contributed by atoms with Gasteiger partial charge in [0.25, 0.3) is 0 Å². The lowest BCUT2D eigenvalue weighted by molar-refractivity contribution is -0.113. The number of carbonyl (C=O) groups is 1. The molecule has 0 saturated heterocycles. The third kappa shape index (κ3) is 4.24. The molecule has 1 amide bonds. The number of aromatic nitrogens is 2. The molecule has 20 heavy (non-hydrogen) atoms. The van der Waals surface area contributed by atoms with Gasteiger partial charge in [-0.05, 0) is 13.3 Å². The van der Waals surface area contributed by atoms with Crippen LogP contribution in [0.15, 0.2) is 16.0 Å². The normalized spacial score (nSPS) is 12.3. The number of amides is 1. The predicted octanol–water partition coefficient (Wildman–Crippen LogP) is 1.89. The minimum absolute atomic E-state index is 0.0785. The van der Waals surface area contributed by atoms with Crippen LogP contribution in [0.1, 0.15) is 23.4 Å². The summed E-state index contributed by atoms with van der Waals surface area (Å²) < 4.78 is 16.7. The highest BCUT2D eigenvalue weighted by atomic mass is 32.2. The summed E-state index contributed by atoms with van der Waals surface area (Å²) in [5.74, 6) is 0.817. The largest absolute Gasteiger partial charge is 0.360 e. The molecule has 2 aromatic rings. The van der Waals surface area contributed by atoms with Gasteiger partial charge in [-0.25, -0.2) is 4.98 Å². The van der Waals surface area contributed by atoms with Crippen molar-refractivity contribution in [2.45, 2.75) is 26.0 Å². The Balaban J connectivity index is 1.83. The molecule has 1 N–H and O–H groups in total. The highest BCUT2D eigenvalue weighted by molar-refractivity contribution is 7.84. The van der Waals surface area contributed by atoms with Gasteiger partial charge in [-0.15, -0.1) is 11.3 Å². The highest BCUT2D eigenvalue weighted by Crippen LogP contribution is 2.12. The van der Waals surface area contributed by atoms with E-state index >= 15 is 0 Å². The van der Waals surface area contributed by atoms with Crippen molar-refractivity contribution in [1.29, 1.82) is 0 Å². The van der Waals surface area contributed by atoms with Crippen molar-refractivity contribution in [2.75, 3.05) is 11.1 Å². The molecule has 108 valence electrons. The predicted molar refractivity (Wildman–Crippen MR) is 78.1 cm³/mol. The van der Waals surface area contributed by atoms with Crippen molar-refractivity contribution in [3.8, 4) is 0 Å². The zero-order chi connectivity index (χ0) is 14.5. The molecule has 0 aliphatic carbocycles. The summed E-state index contributed by atoms with van der Waals surface area (Å²) in [6.45, 7) is 3.75. The third-order valence-corrected chi connectivity index (χ3v) is 4.64. The van der Waals surface area contributed by atoms with Gasteiger partial charge >= 0.3 is 0 Å². The van der Waals surface area contributed by atoms with Crippen LogP contribution in [0, 0.1) is 6.92 Å². The van der Waals surface area contributed by atoms with Crippen molar-refractivity contribution in [1.82, 2.24) is 10.1 Å². The van der Waals surface area contributed by atoms with Crippen molar-refractivity contribution in [3.05, 3.63) is 27.9 Å². The van der Waals surface area contributed by atoms with E-state index in [2.05, 4.69) is 15.5 Å². The Morgan fingerprint density at radius 1 is 1.55 bits per heavy atom. The fraction of sp³-hybridized carbons (Fsp3) is 0.417. The van der Waals surface area contributed by atoms with Gasteiger partial charge in [-0.1, -0.05) is 12.1 Å². The number of rotatable bonds is 6. The molecular formula is C12H15N3O3S2. The molecule has 0 aromatic carbocycles. The van der Waals surface area contributed by atoms with Crippen LogP contribution in [0.2, 0.25) is 0 Å². The lowest BCUT2D eigenvalue weighted by Crippen LogP contribution is -2.20. The van der Waals surface area contributed by atoms with Crippen LogP contribution in [0.5, 0.6) is 0 Å². The highest BCUT2D eigenvalue weighted by Gasteiger charge is 2.12. The van der Waals surface area contributed by atoms with E-state index in [1.54, 1.807) is 24.3 Å². The Morgan fingerprint density at radius 2 is 2.35 bits per heavy atom. The Kier molecular flexibility index (Phi) is 5.02. The zero-order valence-corrected chi connectivity index (χ0v) is 12.8. The molecule has 0 aliphatic heterocycles. The van der Waals surface area contributed by atoms with E-state index in [9.17, 15) is 9.00 Å². The number of carbonyl (C=O) groups excluding carboxylic acids is 1. The van der Waals surface area contributed by atoms with Crippen LogP contribution in [0.25, 0.3) is 0 Å². The topological polar surface area (TPSA) is 85.1 Å². The Labute approximate surface area is 123 Å². The smallest absolute Gasteiger partial charge is 0.238 e. The summed E-state index contributed by atoms with van der Waals surface area (Å²) in [6, 6.07) is 1.61. The number of aryl methyl sites for hydroxylation is 2. The molecule has 0 spiro atoms. The first kappa shape index (κ1) is 14.9. The van der Waals surface area contributed by atoms with Crippen molar-refractivity contribution in [3.63, 3.8) is 0 Å². The number of hydrogen-bond donors (Lipinski definition) is 1. The van der Waals surface area contributed by atoms with Crippen LogP contribution in [0.3, 0.4) is 0 Å². The lowest BCUT2D eigenvalue weighted by Gasteiger charge is -2.00. The van der Waals surface area contributed by atoms with Crippen molar-refractivity contribution < 1.29 is 13.5 Å². The van der Waals surface area contributed by atoms with Gasteiger partial charge in [0, 0.05) is 22.2 Å². The molecule has 2 aromatic heterocycles. The Morgan fingerprint density at radius 3 is 2.95 bits per heavy atom. The third-order valence-electron chi connectivity index (χ3n) is 2.40. The second-order valence-corrected chi connectivity index (χ2v) is 6.59. The van der Waals surface area contributed by atoms with Gasteiger partial charge in [0.05, 0.1) is 16.5 Å². The fourth-order valence-electron chi connectivity index (χ4n) is 1.54. The SMILES string of the molecule is CCc1nc(CS(=O)CC(=O)Nc2cc(C)on2)cs1. The molecule has 8 heteroatoms. The molecular weight excluding hydrogens is 298 g/mol. The number of hydrogen-bond acceptors (Lipinski definition) is 6. The summed E-state index contributed by atoms with van der Waals surface area (Å²) >= 11 is 1.55. The maximum absolute atomic E-state index is 11.9. The monoisotopic (exact) mass is 313 g/mol. The average molecular weight is 313 g/mol. The van der Waals surface area contributed by atoms with Gasteiger partial charge in [-0.3, -0.25) is 9.00 Å². The minimum Gasteiger partial charge on any atom is -0.360 e. The van der Waals surface area contributed by atoms with E-state index in [0.29, 0.717) is 17.3 Å².